The summed E-state index contributed by atoms with van der Waals surface area (Å²) < 4.78 is 31.4. The Bertz CT molecular complexity index is 974. The lowest BCUT2D eigenvalue weighted by Crippen LogP contribution is -2.30. The van der Waals surface area contributed by atoms with Gasteiger partial charge < -0.3 is 14.2 Å². The van der Waals surface area contributed by atoms with Gasteiger partial charge in [0, 0.05) is 25.4 Å². The Morgan fingerprint density at radius 3 is 2.79 bits per heavy atom. The molecule has 2 aromatic rings. The number of hydrogen-bond donors (Lipinski definition) is 0. The highest BCUT2D eigenvalue weighted by molar-refractivity contribution is 5.66. The van der Waals surface area contributed by atoms with Crippen LogP contribution in [-0.2, 0) is 26.4 Å². The summed E-state index contributed by atoms with van der Waals surface area (Å²) in [6.07, 6.45) is 0.661. The minimum Gasteiger partial charge on any atom is -0.486 e. The monoisotopic (exact) mass is 404 g/mol. The van der Waals surface area contributed by atoms with Crippen LogP contribution in [0.1, 0.15) is 30.4 Å². The summed E-state index contributed by atoms with van der Waals surface area (Å²) in [6, 6.07) is 6.29. The molecule has 1 aliphatic carbocycles. The molecular weight excluding hydrogens is 379 g/mol. The van der Waals surface area contributed by atoms with Crippen molar-refractivity contribution in [3.8, 4) is 5.75 Å². The molecule has 0 aliphatic heterocycles. The normalized spacial score (nSPS) is 20.4. The van der Waals surface area contributed by atoms with Crippen molar-refractivity contribution >= 4 is 5.97 Å². The summed E-state index contributed by atoms with van der Waals surface area (Å²) in [7, 11) is 1.50. The summed E-state index contributed by atoms with van der Waals surface area (Å²) in [5, 5.41) is 0. The predicted octanol–water partition coefficient (Wildman–Crippen LogP) is 2.50. The van der Waals surface area contributed by atoms with Crippen LogP contribution in [0.3, 0.4) is 0 Å². The summed E-state index contributed by atoms with van der Waals surface area (Å²) in [5.41, 5.74) is 0.368. The number of benzene rings is 1. The molecule has 0 N–H and O–H groups in total. The number of methoxy groups -OCH3 is 1. The van der Waals surface area contributed by atoms with Gasteiger partial charge >= 0.3 is 5.97 Å². The molecule has 1 aromatic heterocycles. The molecule has 8 heteroatoms. The fourth-order valence-electron chi connectivity index (χ4n) is 3.66. The van der Waals surface area contributed by atoms with Crippen molar-refractivity contribution in [2.45, 2.75) is 39.3 Å². The first kappa shape index (κ1) is 21.0. The van der Waals surface area contributed by atoms with Gasteiger partial charge in [-0.2, -0.15) is 0 Å². The van der Waals surface area contributed by atoms with Crippen molar-refractivity contribution in [3.05, 3.63) is 57.5 Å². The van der Waals surface area contributed by atoms with Crippen LogP contribution < -0.4 is 10.3 Å². The van der Waals surface area contributed by atoms with E-state index >= 15 is 0 Å². The van der Waals surface area contributed by atoms with Gasteiger partial charge in [-0.25, -0.2) is 9.37 Å². The number of nitrogens with zero attached hydrogens (tertiary/aromatic N) is 2. The molecule has 1 unspecified atom stereocenters. The van der Waals surface area contributed by atoms with Gasteiger partial charge in [0.2, 0.25) is 5.75 Å². The van der Waals surface area contributed by atoms with Gasteiger partial charge in [0.1, 0.15) is 18.4 Å². The van der Waals surface area contributed by atoms with Crippen LogP contribution in [0, 0.1) is 25.6 Å². The quantitative estimate of drug-likeness (QED) is 0.629. The number of aryl methyl sites for hydroxylation is 2. The van der Waals surface area contributed by atoms with Crippen LogP contribution in [0.5, 0.6) is 5.75 Å². The summed E-state index contributed by atoms with van der Waals surface area (Å²) >= 11 is 0. The van der Waals surface area contributed by atoms with Gasteiger partial charge in [-0.15, -0.1) is 0 Å². The summed E-state index contributed by atoms with van der Waals surface area (Å²) in [6.45, 7) is 5.21. The number of rotatable bonds is 8. The average Bonchev–Trinajstić information content (AvgIpc) is 3.38. The van der Waals surface area contributed by atoms with E-state index in [1.54, 1.807) is 19.9 Å². The lowest BCUT2D eigenvalue weighted by molar-refractivity contribution is -0.141. The van der Waals surface area contributed by atoms with Gasteiger partial charge in [0.25, 0.3) is 5.56 Å². The lowest BCUT2D eigenvalue weighted by Gasteiger charge is -2.20. The van der Waals surface area contributed by atoms with Crippen molar-refractivity contribution in [1.82, 2.24) is 9.55 Å². The number of carbonyl (C=O) groups excluding carboxylic acids is 1. The van der Waals surface area contributed by atoms with Gasteiger partial charge in [0.15, 0.2) is 0 Å². The molecule has 1 fully saturated rings. The topological polar surface area (TPSA) is 79.7 Å². The van der Waals surface area contributed by atoms with E-state index in [-0.39, 0.29) is 49.0 Å². The van der Waals surface area contributed by atoms with Crippen LogP contribution in [0.2, 0.25) is 0 Å². The number of hydrogen-bond acceptors (Lipinski definition) is 6. The van der Waals surface area contributed by atoms with Crippen molar-refractivity contribution in [2.24, 2.45) is 5.92 Å². The first-order valence-electron chi connectivity index (χ1n) is 9.37. The molecule has 3 rings (SSSR count). The van der Waals surface area contributed by atoms with E-state index in [1.807, 2.05) is 6.07 Å². The van der Waals surface area contributed by atoms with Gasteiger partial charge in [-0.05, 0) is 38.0 Å². The maximum Gasteiger partial charge on any atom is 0.302 e. The molecule has 1 heterocycles. The van der Waals surface area contributed by atoms with Gasteiger partial charge in [-0.1, -0.05) is 12.1 Å². The predicted molar refractivity (Wildman–Crippen MR) is 103 cm³/mol. The highest BCUT2D eigenvalue weighted by Gasteiger charge is 2.56. The van der Waals surface area contributed by atoms with Crippen molar-refractivity contribution in [2.75, 3.05) is 20.3 Å². The third-order valence-electron chi connectivity index (χ3n) is 5.34. The van der Waals surface area contributed by atoms with Crippen molar-refractivity contribution in [1.29, 1.82) is 0 Å². The molecule has 0 amide bonds. The molecule has 0 saturated heterocycles. The molecule has 156 valence electrons. The Hall–Kier alpha value is -2.74. The van der Waals surface area contributed by atoms with E-state index in [0.717, 1.165) is 5.56 Å². The Labute approximate surface area is 168 Å². The molecule has 1 aromatic carbocycles. The van der Waals surface area contributed by atoms with E-state index < -0.39 is 5.41 Å². The maximum absolute atomic E-state index is 13.8. The van der Waals surface area contributed by atoms with Crippen LogP contribution >= 0.6 is 0 Å². The summed E-state index contributed by atoms with van der Waals surface area (Å²) in [5.74, 6) is -0.0713. The minimum absolute atomic E-state index is 0.0203. The number of ether oxygens (including phenoxy) is 3. The number of esters is 1. The van der Waals surface area contributed by atoms with E-state index in [9.17, 15) is 14.0 Å². The first-order valence-corrected chi connectivity index (χ1v) is 9.37. The average molecular weight is 404 g/mol. The van der Waals surface area contributed by atoms with E-state index in [2.05, 4.69) is 4.98 Å². The molecule has 0 radical (unpaired) electrons. The third kappa shape index (κ3) is 4.32. The molecule has 1 saturated carbocycles. The molecule has 1 aliphatic rings. The Morgan fingerprint density at radius 2 is 2.14 bits per heavy atom. The Balaban J connectivity index is 1.88. The highest BCUT2D eigenvalue weighted by Crippen LogP contribution is 2.54. The molecule has 7 nitrogen and oxygen atoms in total. The van der Waals surface area contributed by atoms with Gasteiger partial charge in [0.05, 0.1) is 18.9 Å². The summed E-state index contributed by atoms with van der Waals surface area (Å²) in [4.78, 5) is 28.4. The zero-order chi connectivity index (χ0) is 21.2. The second-order valence-electron chi connectivity index (χ2n) is 7.38. The SMILES string of the molecule is COCn1c(C)nc(C)c(OCC2(c3cccc(F)c3)C[C@H]2COC(C)=O)c1=O. The lowest BCUT2D eigenvalue weighted by atomic mass is 9.94. The zero-order valence-electron chi connectivity index (χ0n) is 17.0. The fraction of sp³-hybridized carbons (Fsp3) is 0.476. The number of carbonyl (C=O) groups is 1. The Morgan fingerprint density at radius 1 is 1.38 bits per heavy atom. The number of aromatic nitrogens is 2. The number of halogens is 1. The second-order valence-corrected chi connectivity index (χ2v) is 7.38. The fourth-order valence-corrected chi connectivity index (χ4v) is 3.66. The first-order chi connectivity index (χ1) is 13.8. The van der Waals surface area contributed by atoms with Crippen LogP contribution in [-0.4, -0.2) is 35.8 Å². The van der Waals surface area contributed by atoms with E-state index in [0.29, 0.717) is 17.9 Å². The van der Waals surface area contributed by atoms with Gasteiger partial charge in [-0.3, -0.25) is 14.2 Å². The standard InChI is InChI=1S/C21H25FN2O5/c1-13-19(20(26)24(12-27-4)14(2)23-13)29-11-21(9-17(21)10-28-15(3)25)16-6-5-7-18(22)8-16/h5-8,17H,9-12H2,1-4H3/t17-,21?/m0/s1. The zero-order valence-corrected chi connectivity index (χ0v) is 17.0. The molecule has 0 bridgehead atoms. The van der Waals surface area contributed by atoms with Crippen molar-refractivity contribution < 1.29 is 23.4 Å². The molecule has 0 spiro atoms. The Kier molecular flexibility index (Phi) is 6.02. The van der Waals surface area contributed by atoms with E-state index in [4.69, 9.17) is 14.2 Å². The van der Waals surface area contributed by atoms with Crippen LogP contribution in [0.25, 0.3) is 0 Å². The smallest absolute Gasteiger partial charge is 0.302 e. The molecule has 29 heavy (non-hydrogen) atoms. The minimum atomic E-state index is -0.534. The van der Waals surface area contributed by atoms with Crippen LogP contribution in [0.4, 0.5) is 4.39 Å². The second kappa shape index (κ2) is 8.32. The molecular formula is C21H25FN2O5. The van der Waals surface area contributed by atoms with E-state index in [1.165, 1.54) is 30.7 Å². The largest absolute Gasteiger partial charge is 0.486 e. The maximum atomic E-state index is 13.8. The molecule has 2 atom stereocenters. The van der Waals surface area contributed by atoms with Crippen molar-refractivity contribution in [3.63, 3.8) is 0 Å². The third-order valence-corrected chi connectivity index (χ3v) is 5.34. The highest BCUT2D eigenvalue weighted by atomic mass is 19.1. The van der Waals surface area contributed by atoms with Crippen LogP contribution in [0.15, 0.2) is 29.1 Å².